The maximum Gasteiger partial charge on any atom is 0.220 e. The number of nitrogens with one attached hydrogen (secondary N) is 2. The van der Waals surface area contributed by atoms with Crippen LogP contribution >= 0.6 is 23.7 Å². The third-order valence-corrected chi connectivity index (χ3v) is 3.17. The largest absolute Gasteiger partial charge is 0.355 e. The topological polar surface area (TPSA) is 41.1 Å². The minimum absolute atomic E-state index is 0. The lowest BCUT2D eigenvalue weighted by Crippen LogP contribution is -2.32. The quantitative estimate of drug-likeness (QED) is 0.715. The summed E-state index contributed by atoms with van der Waals surface area (Å²) in [5.41, 5.74) is 0. The van der Waals surface area contributed by atoms with Crippen LogP contribution in [0.25, 0.3) is 0 Å². The van der Waals surface area contributed by atoms with Crippen LogP contribution in [0.15, 0.2) is 17.5 Å². The average molecular weight is 277 g/mol. The Morgan fingerprint density at radius 1 is 1.35 bits per heavy atom. The first-order chi connectivity index (χ1) is 7.83. The molecule has 1 amide bonds. The van der Waals surface area contributed by atoms with Crippen molar-refractivity contribution in [1.29, 1.82) is 0 Å². The smallest absolute Gasteiger partial charge is 0.220 e. The number of carbonyl (C=O) groups is 1. The first-order valence-electron chi connectivity index (χ1n) is 5.82. The van der Waals surface area contributed by atoms with Crippen molar-refractivity contribution in [3.63, 3.8) is 0 Å². The molecule has 98 valence electrons. The molecule has 0 aromatic carbocycles. The molecule has 1 aromatic rings. The normalized spacial score (nSPS) is 9.71. The molecular formula is C12H21ClN2OS. The number of hydrogen-bond acceptors (Lipinski definition) is 3. The van der Waals surface area contributed by atoms with E-state index in [1.807, 2.05) is 11.4 Å². The van der Waals surface area contributed by atoms with E-state index in [0.717, 1.165) is 32.5 Å². The van der Waals surface area contributed by atoms with Crippen LogP contribution in [-0.2, 0) is 11.2 Å². The number of halogens is 1. The van der Waals surface area contributed by atoms with Gasteiger partial charge in [0.1, 0.15) is 0 Å². The second-order valence-electron chi connectivity index (χ2n) is 3.68. The van der Waals surface area contributed by atoms with Gasteiger partial charge >= 0.3 is 0 Å². The van der Waals surface area contributed by atoms with Crippen molar-refractivity contribution in [3.05, 3.63) is 22.4 Å². The summed E-state index contributed by atoms with van der Waals surface area (Å²) in [5.74, 6) is 0.145. The molecule has 0 radical (unpaired) electrons. The van der Waals surface area contributed by atoms with Gasteiger partial charge in [0.25, 0.3) is 0 Å². The number of amides is 1. The van der Waals surface area contributed by atoms with Crippen LogP contribution in [0.3, 0.4) is 0 Å². The molecule has 0 atom stereocenters. The number of thiophene rings is 1. The first kappa shape index (κ1) is 16.4. The summed E-state index contributed by atoms with van der Waals surface area (Å²) in [4.78, 5) is 12.7. The molecule has 0 bridgehead atoms. The van der Waals surface area contributed by atoms with Crippen molar-refractivity contribution in [1.82, 2.24) is 10.6 Å². The molecule has 2 N–H and O–H groups in total. The van der Waals surface area contributed by atoms with E-state index in [1.165, 1.54) is 4.88 Å². The van der Waals surface area contributed by atoms with E-state index in [4.69, 9.17) is 0 Å². The molecule has 3 nitrogen and oxygen atoms in total. The average Bonchev–Trinajstić information content (AvgIpc) is 2.79. The molecule has 5 heteroatoms. The van der Waals surface area contributed by atoms with Gasteiger partial charge in [-0.15, -0.1) is 23.7 Å². The molecule has 0 saturated heterocycles. The lowest BCUT2D eigenvalue weighted by atomic mass is 10.2. The number of hydrogen-bond donors (Lipinski definition) is 2. The van der Waals surface area contributed by atoms with Crippen LogP contribution in [0.4, 0.5) is 0 Å². The second kappa shape index (κ2) is 10.6. The van der Waals surface area contributed by atoms with Crippen molar-refractivity contribution < 1.29 is 4.79 Å². The molecule has 17 heavy (non-hydrogen) atoms. The Kier molecular flexibility index (Phi) is 10.2. The highest BCUT2D eigenvalue weighted by Gasteiger charge is 2.01. The predicted octanol–water partition coefficient (Wildman–Crippen LogP) is 2.22. The van der Waals surface area contributed by atoms with Gasteiger partial charge in [0.2, 0.25) is 5.91 Å². The fraction of sp³-hybridized carbons (Fsp3) is 0.583. The van der Waals surface area contributed by atoms with Gasteiger partial charge in [-0.1, -0.05) is 13.0 Å². The molecule has 0 saturated carbocycles. The summed E-state index contributed by atoms with van der Waals surface area (Å²) in [7, 11) is 0. The Morgan fingerprint density at radius 2 is 2.18 bits per heavy atom. The number of aryl methyl sites for hydroxylation is 1. The number of carbonyl (C=O) groups excluding carboxylic acids is 1. The van der Waals surface area contributed by atoms with Gasteiger partial charge in [-0.25, -0.2) is 0 Å². The highest BCUT2D eigenvalue weighted by Crippen LogP contribution is 2.10. The van der Waals surface area contributed by atoms with Gasteiger partial charge < -0.3 is 10.6 Å². The van der Waals surface area contributed by atoms with E-state index in [9.17, 15) is 4.79 Å². The standard InChI is InChI=1S/C12H20N2OS.ClH/c1-2-7-13-8-9-14-12(15)6-5-11-4-3-10-16-11;/h3-4,10,13H,2,5-9H2,1H3,(H,14,15);1H. The van der Waals surface area contributed by atoms with Crippen molar-refractivity contribution in [2.24, 2.45) is 0 Å². The predicted molar refractivity (Wildman–Crippen MR) is 76.1 cm³/mol. The van der Waals surface area contributed by atoms with E-state index in [2.05, 4.69) is 23.6 Å². The zero-order valence-corrected chi connectivity index (χ0v) is 11.8. The Labute approximate surface area is 113 Å². The van der Waals surface area contributed by atoms with E-state index >= 15 is 0 Å². The molecule has 1 aromatic heterocycles. The first-order valence-corrected chi connectivity index (χ1v) is 6.70. The minimum Gasteiger partial charge on any atom is -0.355 e. The molecule has 0 unspecified atom stereocenters. The molecule has 0 aliphatic heterocycles. The third kappa shape index (κ3) is 8.18. The van der Waals surface area contributed by atoms with E-state index in [0.29, 0.717) is 6.42 Å². The minimum atomic E-state index is 0. The molecule has 0 aliphatic rings. The van der Waals surface area contributed by atoms with Gasteiger partial charge in [-0.05, 0) is 30.8 Å². The second-order valence-corrected chi connectivity index (χ2v) is 4.71. The lowest BCUT2D eigenvalue weighted by Gasteiger charge is -2.05. The summed E-state index contributed by atoms with van der Waals surface area (Å²) in [6, 6.07) is 4.09. The molecule has 0 spiro atoms. The highest BCUT2D eigenvalue weighted by atomic mass is 35.5. The van der Waals surface area contributed by atoms with Crippen LogP contribution < -0.4 is 10.6 Å². The van der Waals surface area contributed by atoms with Crippen LogP contribution in [0.5, 0.6) is 0 Å². The summed E-state index contributed by atoms with van der Waals surface area (Å²) >= 11 is 1.71. The SMILES string of the molecule is CCCNCCNC(=O)CCc1cccs1.Cl. The Hall–Kier alpha value is -0.580. The van der Waals surface area contributed by atoms with Gasteiger partial charge in [0, 0.05) is 24.4 Å². The molecule has 0 fully saturated rings. The third-order valence-electron chi connectivity index (χ3n) is 2.23. The highest BCUT2D eigenvalue weighted by molar-refractivity contribution is 7.09. The number of rotatable bonds is 8. The van der Waals surface area contributed by atoms with Gasteiger partial charge in [0.15, 0.2) is 0 Å². The van der Waals surface area contributed by atoms with Gasteiger partial charge in [-0.2, -0.15) is 0 Å². The summed E-state index contributed by atoms with van der Waals surface area (Å²) in [5, 5.41) is 8.20. The molecule has 1 heterocycles. The van der Waals surface area contributed by atoms with Crippen LogP contribution in [0, 0.1) is 0 Å². The molecule has 0 aliphatic carbocycles. The lowest BCUT2D eigenvalue weighted by molar-refractivity contribution is -0.121. The maximum atomic E-state index is 11.4. The summed E-state index contributed by atoms with van der Waals surface area (Å²) < 4.78 is 0. The van der Waals surface area contributed by atoms with Crippen molar-refractivity contribution in [2.45, 2.75) is 26.2 Å². The van der Waals surface area contributed by atoms with Gasteiger partial charge in [-0.3, -0.25) is 4.79 Å². The van der Waals surface area contributed by atoms with Crippen molar-refractivity contribution >= 4 is 29.7 Å². The van der Waals surface area contributed by atoms with Crippen LogP contribution in [-0.4, -0.2) is 25.5 Å². The fourth-order valence-corrected chi connectivity index (χ4v) is 2.08. The van der Waals surface area contributed by atoms with E-state index in [-0.39, 0.29) is 18.3 Å². The Morgan fingerprint density at radius 3 is 2.82 bits per heavy atom. The van der Waals surface area contributed by atoms with Crippen LogP contribution in [0.2, 0.25) is 0 Å². The monoisotopic (exact) mass is 276 g/mol. The maximum absolute atomic E-state index is 11.4. The zero-order chi connectivity index (χ0) is 11.6. The van der Waals surface area contributed by atoms with E-state index in [1.54, 1.807) is 11.3 Å². The Bertz CT molecular complexity index is 291. The van der Waals surface area contributed by atoms with Crippen molar-refractivity contribution in [3.8, 4) is 0 Å². The molecule has 1 rings (SSSR count). The van der Waals surface area contributed by atoms with Crippen molar-refractivity contribution in [2.75, 3.05) is 19.6 Å². The summed E-state index contributed by atoms with van der Waals surface area (Å²) in [6.45, 7) is 4.74. The van der Waals surface area contributed by atoms with E-state index < -0.39 is 0 Å². The van der Waals surface area contributed by atoms with Gasteiger partial charge in [0.05, 0.1) is 0 Å². The zero-order valence-electron chi connectivity index (χ0n) is 10.2. The van der Waals surface area contributed by atoms with Crippen LogP contribution in [0.1, 0.15) is 24.6 Å². The Balaban J connectivity index is 0.00000256. The summed E-state index contributed by atoms with van der Waals surface area (Å²) in [6.07, 6.45) is 2.58. The fourth-order valence-electron chi connectivity index (χ4n) is 1.37. The molecular weight excluding hydrogens is 256 g/mol.